The third-order valence-electron chi connectivity index (χ3n) is 5.60. The van der Waals surface area contributed by atoms with Crippen LogP contribution in [0.15, 0.2) is 53.3 Å². The summed E-state index contributed by atoms with van der Waals surface area (Å²) >= 11 is 3.55. The largest absolute Gasteiger partial charge is 0.349 e. The maximum absolute atomic E-state index is 12.9. The molecule has 3 aromatic rings. The van der Waals surface area contributed by atoms with Crippen LogP contribution in [0.2, 0.25) is 0 Å². The highest BCUT2D eigenvalue weighted by Gasteiger charge is 2.25. The third kappa shape index (κ3) is 4.54. The molecule has 0 atom stereocenters. The lowest BCUT2D eigenvalue weighted by Crippen LogP contribution is -2.46. The number of carbonyl (C=O) groups excluding carboxylic acids is 2. The number of rotatable bonds is 4. The summed E-state index contributed by atoms with van der Waals surface area (Å²) in [5.74, 6) is -0.109. The smallest absolute Gasteiger partial charge is 0.253 e. The predicted molar refractivity (Wildman–Crippen MR) is 121 cm³/mol. The minimum Gasteiger partial charge on any atom is -0.349 e. The summed E-state index contributed by atoms with van der Waals surface area (Å²) < 4.78 is 2.86. The highest BCUT2D eigenvalue weighted by molar-refractivity contribution is 9.10. The first-order valence-electron chi connectivity index (χ1n) is 10.3. The molecule has 0 saturated carbocycles. The van der Waals surface area contributed by atoms with Gasteiger partial charge in [0.2, 0.25) is 0 Å². The zero-order valence-electron chi connectivity index (χ0n) is 17.5. The van der Waals surface area contributed by atoms with E-state index in [0.717, 1.165) is 34.4 Å². The van der Waals surface area contributed by atoms with Crippen molar-refractivity contribution in [3.05, 3.63) is 75.8 Å². The van der Waals surface area contributed by atoms with Crippen LogP contribution in [0.1, 0.15) is 44.9 Å². The Labute approximate surface area is 189 Å². The molecule has 1 aliphatic rings. The Morgan fingerprint density at radius 3 is 2.35 bits per heavy atom. The van der Waals surface area contributed by atoms with Gasteiger partial charge in [-0.25, -0.2) is 4.68 Å². The van der Waals surface area contributed by atoms with E-state index in [9.17, 15) is 9.59 Å². The van der Waals surface area contributed by atoms with Crippen LogP contribution < -0.4 is 5.32 Å². The van der Waals surface area contributed by atoms with Crippen LogP contribution >= 0.6 is 15.9 Å². The molecule has 1 aromatic carbocycles. The Hall–Kier alpha value is -3.00. The van der Waals surface area contributed by atoms with Gasteiger partial charge in [-0.3, -0.25) is 14.6 Å². The van der Waals surface area contributed by atoms with Crippen molar-refractivity contribution in [3.8, 4) is 5.69 Å². The molecule has 1 fully saturated rings. The number of piperidine rings is 1. The fourth-order valence-corrected chi connectivity index (χ4v) is 4.04. The SMILES string of the molecule is Cc1nn(-c2ccc(C(=O)N3CCC(NC(=O)c4cccnc4)CC3)cc2)c(C)c1Br. The number of halogens is 1. The molecule has 0 radical (unpaired) electrons. The fourth-order valence-electron chi connectivity index (χ4n) is 3.80. The average molecular weight is 482 g/mol. The maximum atomic E-state index is 12.9. The van der Waals surface area contributed by atoms with Crippen molar-refractivity contribution in [3.63, 3.8) is 0 Å². The molecule has 1 saturated heterocycles. The zero-order chi connectivity index (χ0) is 22.0. The number of aromatic nitrogens is 3. The summed E-state index contributed by atoms with van der Waals surface area (Å²) in [5, 5.41) is 7.58. The van der Waals surface area contributed by atoms with Gasteiger partial charge < -0.3 is 10.2 Å². The van der Waals surface area contributed by atoms with Crippen molar-refractivity contribution < 1.29 is 9.59 Å². The highest BCUT2D eigenvalue weighted by atomic mass is 79.9. The van der Waals surface area contributed by atoms with Crippen molar-refractivity contribution in [2.45, 2.75) is 32.7 Å². The highest BCUT2D eigenvalue weighted by Crippen LogP contribution is 2.23. The van der Waals surface area contributed by atoms with Gasteiger partial charge in [0.05, 0.1) is 27.1 Å². The summed E-state index contributed by atoms with van der Waals surface area (Å²) in [6, 6.07) is 11.1. The van der Waals surface area contributed by atoms with E-state index >= 15 is 0 Å². The van der Waals surface area contributed by atoms with Crippen LogP contribution in [0.25, 0.3) is 5.69 Å². The van der Waals surface area contributed by atoms with Gasteiger partial charge in [-0.15, -0.1) is 0 Å². The molecule has 0 bridgehead atoms. The van der Waals surface area contributed by atoms with Gasteiger partial charge >= 0.3 is 0 Å². The second kappa shape index (κ2) is 9.01. The van der Waals surface area contributed by atoms with Crippen LogP contribution in [0.3, 0.4) is 0 Å². The monoisotopic (exact) mass is 481 g/mol. The van der Waals surface area contributed by atoms with E-state index in [0.29, 0.717) is 24.2 Å². The van der Waals surface area contributed by atoms with Crippen LogP contribution in [0.4, 0.5) is 0 Å². The number of pyridine rings is 1. The summed E-state index contributed by atoms with van der Waals surface area (Å²) in [5.41, 5.74) is 4.07. The number of likely N-dealkylation sites (tertiary alicyclic amines) is 1. The van der Waals surface area contributed by atoms with Crippen LogP contribution in [0.5, 0.6) is 0 Å². The van der Waals surface area contributed by atoms with Crippen LogP contribution in [-0.4, -0.2) is 50.6 Å². The lowest BCUT2D eigenvalue weighted by atomic mass is 10.0. The van der Waals surface area contributed by atoms with Crippen LogP contribution in [0, 0.1) is 13.8 Å². The molecule has 1 aliphatic heterocycles. The molecule has 2 aromatic heterocycles. The molecule has 3 heterocycles. The van der Waals surface area contributed by atoms with E-state index in [-0.39, 0.29) is 17.9 Å². The van der Waals surface area contributed by atoms with Crippen LogP contribution in [-0.2, 0) is 0 Å². The molecule has 31 heavy (non-hydrogen) atoms. The average Bonchev–Trinajstić information content (AvgIpc) is 3.07. The van der Waals surface area contributed by atoms with Gasteiger partial charge in [0.15, 0.2) is 0 Å². The van der Waals surface area contributed by atoms with Crippen molar-refractivity contribution in [1.29, 1.82) is 0 Å². The number of amides is 2. The molecule has 0 unspecified atom stereocenters. The third-order valence-corrected chi connectivity index (χ3v) is 6.75. The number of carbonyl (C=O) groups is 2. The Balaban J connectivity index is 1.35. The molecule has 7 nitrogen and oxygen atoms in total. The maximum Gasteiger partial charge on any atom is 0.253 e. The zero-order valence-corrected chi connectivity index (χ0v) is 19.1. The van der Waals surface area contributed by atoms with Crippen molar-refractivity contribution in [1.82, 2.24) is 25.0 Å². The van der Waals surface area contributed by atoms with Gasteiger partial charge in [0, 0.05) is 37.1 Å². The number of aryl methyl sites for hydroxylation is 1. The molecule has 2 amide bonds. The first-order chi connectivity index (χ1) is 14.9. The molecular formula is C23H24BrN5O2. The summed E-state index contributed by atoms with van der Waals surface area (Å²) in [6.07, 6.45) is 4.66. The summed E-state index contributed by atoms with van der Waals surface area (Å²) in [4.78, 5) is 31.1. The van der Waals surface area contributed by atoms with Gasteiger partial charge in [0.1, 0.15) is 0 Å². The van der Waals surface area contributed by atoms with Gasteiger partial charge in [-0.05, 0) is 79.0 Å². The second-order valence-corrected chi connectivity index (χ2v) is 8.52. The lowest BCUT2D eigenvalue weighted by Gasteiger charge is -2.32. The fraction of sp³-hybridized carbons (Fsp3) is 0.304. The molecule has 4 rings (SSSR count). The minimum absolute atomic E-state index is 0.0122. The molecule has 8 heteroatoms. The number of hydrogen-bond donors (Lipinski definition) is 1. The lowest BCUT2D eigenvalue weighted by molar-refractivity contribution is 0.0698. The summed E-state index contributed by atoms with van der Waals surface area (Å²) in [7, 11) is 0. The number of hydrogen-bond acceptors (Lipinski definition) is 4. The Kier molecular flexibility index (Phi) is 6.18. The van der Waals surface area contributed by atoms with Gasteiger partial charge in [0.25, 0.3) is 11.8 Å². The molecule has 0 aliphatic carbocycles. The Morgan fingerprint density at radius 2 is 1.77 bits per heavy atom. The van der Waals surface area contributed by atoms with Gasteiger partial charge in [-0.2, -0.15) is 5.10 Å². The summed E-state index contributed by atoms with van der Waals surface area (Å²) in [6.45, 7) is 5.18. The predicted octanol–water partition coefficient (Wildman–Crippen LogP) is 3.68. The van der Waals surface area contributed by atoms with Crippen molar-refractivity contribution in [2.75, 3.05) is 13.1 Å². The molecule has 1 N–H and O–H groups in total. The van der Waals surface area contributed by atoms with Crippen molar-refractivity contribution in [2.24, 2.45) is 0 Å². The number of nitrogens with zero attached hydrogens (tertiary/aromatic N) is 4. The quantitative estimate of drug-likeness (QED) is 0.616. The van der Waals surface area contributed by atoms with Gasteiger partial charge in [-0.1, -0.05) is 0 Å². The number of benzene rings is 1. The van der Waals surface area contributed by atoms with Crippen molar-refractivity contribution >= 4 is 27.7 Å². The Bertz CT molecular complexity index is 1090. The standard InChI is InChI=1S/C23H24BrN5O2/c1-15-21(24)16(2)29(27-15)20-7-5-17(6-8-20)23(31)28-12-9-19(10-13-28)26-22(30)18-4-3-11-25-14-18/h3-8,11,14,19H,9-10,12-13H2,1-2H3,(H,26,30). The van der Waals surface area contributed by atoms with E-state index in [4.69, 9.17) is 0 Å². The molecule has 160 valence electrons. The Morgan fingerprint density at radius 1 is 1.06 bits per heavy atom. The number of nitrogens with one attached hydrogen (secondary N) is 1. The first kappa shape index (κ1) is 21.2. The normalized spacial score (nSPS) is 14.5. The van der Waals surface area contributed by atoms with E-state index < -0.39 is 0 Å². The first-order valence-corrected chi connectivity index (χ1v) is 11.1. The topological polar surface area (TPSA) is 80.1 Å². The minimum atomic E-state index is -0.121. The van der Waals surface area contributed by atoms with E-state index in [1.54, 1.807) is 24.5 Å². The van der Waals surface area contributed by atoms with E-state index in [1.165, 1.54) is 0 Å². The second-order valence-electron chi connectivity index (χ2n) is 7.73. The molecule has 0 spiro atoms. The molecular weight excluding hydrogens is 458 g/mol. The van der Waals surface area contributed by atoms with E-state index in [2.05, 4.69) is 31.3 Å². The van der Waals surface area contributed by atoms with E-state index in [1.807, 2.05) is 47.7 Å².